The minimum atomic E-state index is -0.529. The molecule has 1 saturated carbocycles. The van der Waals surface area contributed by atoms with Gasteiger partial charge in [-0.1, -0.05) is 0 Å². The van der Waals surface area contributed by atoms with Gasteiger partial charge in [-0.2, -0.15) is 0 Å². The van der Waals surface area contributed by atoms with Crippen LogP contribution in [-0.4, -0.2) is 29.0 Å². The van der Waals surface area contributed by atoms with E-state index in [1.54, 1.807) is 0 Å². The van der Waals surface area contributed by atoms with Crippen molar-refractivity contribution in [1.29, 1.82) is 0 Å². The van der Waals surface area contributed by atoms with Crippen LogP contribution < -0.4 is 5.73 Å². The molecule has 9 heavy (non-hydrogen) atoms. The second-order valence-electron chi connectivity index (χ2n) is 2.71. The molecule has 0 radical (unpaired) electrons. The highest BCUT2D eigenvalue weighted by Crippen LogP contribution is 2.24. The van der Waals surface area contributed by atoms with Crippen LogP contribution in [0.15, 0.2) is 0 Å². The number of aliphatic hydroxyl groups excluding tert-OH is 2. The van der Waals surface area contributed by atoms with Crippen LogP contribution >= 0.6 is 0 Å². The number of aliphatic hydroxyl groups is 2. The molecule has 0 saturated heterocycles. The smallest absolute Gasteiger partial charge is 0.0802 e. The number of nitrogens with two attached hydrogens (primary N) is 1. The summed E-state index contributed by atoms with van der Waals surface area (Å²) in [6.07, 6.45) is 0.270. The number of hydrogen-bond acceptors (Lipinski definition) is 3. The van der Waals surface area contributed by atoms with Crippen molar-refractivity contribution < 1.29 is 10.2 Å². The summed E-state index contributed by atoms with van der Waals surface area (Å²) in [4.78, 5) is 0. The molecule has 0 bridgehead atoms. The van der Waals surface area contributed by atoms with Crippen molar-refractivity contribution in [3.8, 4) is 0 Å². The fraction of sp³-hybridized carbons (Fsp3) is 1.00. The monoisotopic (exact) mass is 131 g/mol. The van der Waals surface area contributed by atoms with Crippen molar-refractivity contribution in [3.05, 3.63) is 0 Å². The van der Waals surface area contributed by atoms with Crippen LogP contribution in [0.5, 0.6) is 0 Å². The van der Waals surface area contributed by atoms with Crippen LogP contribution in [0.3, 0.4) is 0 Å². The van der Waals surface area contributed by atoms with Gasteiger partial charge in [0.25, 0.3) is 0 Å². The van der Waals surface area contributed by atoms with Crippen molar-refractivity contribution in [3.63, 3.8) is 0 Å². The SMILES string of the molecule is NCC1C[C@H](O)[C@@H](O)C1. The highest BCUT2D eigenvalue weighted by Gasteiger charge is 2.29. The van der Waals surface area contributed by atoms with E-state index in [4.69, 9.17) is 15.9 Å². The van der Waals surface area contributed by atoms with Crippen LogP contribution in [0, 0.1) is 5.92 Å². The first kappa shape index (κ1) is 6.99. The zero-order valence-corrected chi connectivity index (χ0v) is 5.33. The Labute approximate surface area is 54.5 Å². The lowest BCUT2D eigenvalue weighted by molar-refractivity contribution is 0.0438. The van der Waals surface area contributed by atoms with Gasteiger partial charge in [0, 0.05) is 0 Å². The van der Waals surface area contributed by atoms with E-state index in [2.05, 4.69) is 0 Å². The van der Waals surface area contributed by atoms with Gasteiger partial charge in [0.2, 0.25) is 0 Å². The Morgan fingerprint density at radius 3 is 1.89 bits per heavy atom. The minimum absolute atomic E-state index is 0.329. The lowest BCUT2D eigenvalue weighted by atomic mass is 10.1. The van der Waals surface area contributed by atoms with E-state index in [0.717, 1.165) is 0 Å². The first-order valence-electron chi connectivity index (χ1n) is 3.30. The summed E-state index contributed by atoms with van der Waals surface area (Å²) in [5.74, 6) is 0.329. The Bertz CT molecular complexity index is 87.1. The fourth-order valence-corrected chi connectivity index (χ4v) is 1.29. The predicted octanol–water partition coefficient (Wildman–Crippen LogP) is -0.923. The highest BCUT2D eigenvalue weighted by atomic mass is 16.3. The molecule has 0 aromatic rings. The van der Waals surface area contributed by atoms with Gasteiger partial charge in [-0.05, 0) is 25.3 Å². The Balaban J connectivity index is 2.35. The summed E-state index contributed by atoms with van der Waals surface area (Å²) < 4.78 is 0. The second kappa shape index (κ2) is 2.64. The molecule has 0 amide bonds. The van der Waals surface area contributed by atoms with Gasteiger partial charge >= 0.3 is 0 Å². The molecular weight excluding hydrogens is 118 g/mol. The van der Waals surface area contributed by atoms with Crippen molar-refractivity contribution in [2.45, 2.75) is 25.0 Å². The molecule has 0 spiro atoms. The summed E-state index contributed by atoms with van der Waals surface area (Å²) >= 11 is 0. The van der Waals surface area contributed by atoms with Gasteiger partial charge < -0.3 is 15.9 Å². The Hall–Kier alpha value is -0.120. The minimum Gasteiger partial charge on any atom is -0.390 e. The van der Waals surface area contributed by atoms with Crippen molar-refractivity contribution >= 4 is 0 Å². The van der Waals surface area contributed by atoms with E-state index in [1.165, 1.54) is 0 Å². The Morgan fingerprint density at radius 2 is 1.67 bits per heavy atom. The third kappa shape index (κ3) is 1.41. The molecule has 1 fully saturated rings. The normalized spacial score (nSPS) is 37.7. The molecule has 1 rings (SSSR count). The van der Waals surface area contributed by atoms with Gasteiger partial charge in [0.1, 0.15) is 0 Å². The molecule has 1 aliphatic carbocycles. The summed E-state index contributed by atoms with van der Waals surface area (Å²) in [5, 5.41) is 18.0. The lowest BCUT2D eigenvalue weighted by Crippen LogP contribution is -2.17. The first-order chi connectivity index (χ1) is 4.24. The first-order valence-corrected chi connectivity index (χ1v) is 3.30. The average Bonchev–Trinajstić information content (AvgIpc) is 2.13. The molecule has 0 aliphatic heterocycles. The number of rotatable bonds is 1. The Morgan fingerprint density at radius 1 is 1.22 bits per heavy atom. The molecule has 3 heteroatoms. The molecule has 0 aromatic heterocycles. The van der Waals surface area contributed by atoms with Gasteiger partial charge in [-0.15, -0.1) is 0 Å². The maximum absolute atomic E-state index is 8.99. The fourth-order valence-electron chi connectivity index (χ4n) is 1.29. The summed E-state index contributed by atoms with van der Waals surface area (Å²) in [5.41, 5.74) is 5.34. The molecule has 1 aliphatic rings. The highest BCUT2D eigenvalue weighted by molar-refractivity contribution is 4.82. The molecule has 0 heterocycles. The van der Waals surface area contributed by atoms with Crippen molar-refractivity contribution in [1.82, 2.24) is 0 Å². The third-order valence-corrected chi connectivity index (χ3v) is 1.93. The van der Waals surface area contributed by atoms with Crippen LogP contribution in [0.2, 0.25) is 0 Å². The van der Waals surface area contributed by atoms with E-state index < -0.39 is 12.2 Å². The van der Waals surface area contributed by atoms with E-state index in [0.29, 0.717) is 25.3 Å². The van der Waals surface area contributed by atoms with Crippen molar-refractivity contribution in [2.75, 3.05) is 6.54 Å². The topological polar surface area (TPSA) is 66.5 Å². The van der Waals surface area contributed by atoms with E-state index in [1.807, 2.05) is 0 Å². The average molecular weight is 131 g/mol. The second-order valence-corrected chi connectivity index (χ2v) is 2.71. The maximum Gasteiger partial charge on any atom is 0.0802 e. The van der Waals surface area contributed by atoms with Gasteiger partial charge in [0.15, 0.2) is 0 Å². The molecule has 4 N–H and O–H groups in total. The predicted molar refractivity (Wildman–Crippen MR) is 33.8 cm³/mol. The van der Waals surface area contributed by atoms with Crippen molar-refractivity contribution in [2.24, 2.45) is 11.7 Å². The van der Waals surface area contributed by atoms with E-state index in [-0.39, 0.29) is 0 Å². The van der Waals surface area contributed by atoms with Gasteiger partial charge in [-0.25, -0.2) is 0 Å². The molecular formula is C6H13NO2. The largest absolute Gasteiger partial charge is 0.390 e. The van der Waals surface area contributed by atoms with E-state index >= 15 is 0 Å². The standard InChI is InChI=1S/C6H13NO2/c7-3-4-1-5(8)6(9)2-4/h4-6,8-9H,1-3,7H2/t5-,6-/m0/s1. The van der Waals surface area contributed by atoms with Crippen LogP contribution in [0.1, 0.15) is 12.8 Å². The van der Waals surface area contributed by atoms with Crippen LogP contribution in [0.4, 0.5) is 0 Å². The molecule has 0 unspecified atom stereocenters. The molecule has 3 nitrogen and oxygen atoms in total. The zero-order chi connectivity index (χ0) is 6.85. The van der Waals surface area contributed by atoms with Gasteiger partial charge in [0.05, 0.1) is 12.2 Å². The van der Waals surface area contributed by atoms with Crippen LogP contribution in [0.25, 0.3) is 0 Å². The lowest BCUT2D eigenvalue weighted by Gasteiger charge is -2.03. The quantitative estimate of drug-likeness (QED) is 0.431. The zero-order valence-electron chi connectivity index (χ0n) is 5.33. The summed E-state index contributed by atoms with van der Waals surface area (Å²) in [6.45, 7) is 0.577. The molecule has 54 valence electrons. The van der Waals surface area contributed by atoms with Gasteiger partial charge in [-0.3, -0.25) is 0 Å². The summed E-state index contributed by atoms with van der Waals surface area (Å²) in [7, 11) is 0. The molecule has 0 aromatic carbocycles. The molecule has 2 atom stereocenters. The maximum atomic E-state index is 8.99. The summed E-state index contributed by atoms with van der Waals surface area (Å²) in [6, 6.07) is 0. The Kier molecular flexibility index (Phi) is 2.05. The van der Waals surface area contributed by atoms with Crippen LogP contribution in [-0.2, 0) is 0 Å². The van der Waals surface area contributed by atoms with E-state index in [9.17, 15) is 0 Å². The number of hydrogen-bond donors (Lipinski definition) is 3. The third-order valence-electron chi connectivity index (χ3n) is 1.93.